The summed E-state index contributed by atoms with van der Waals surface area (Å²) >= 11 is 0. The predicted octanol–water partition coefficient (Wildman–Crippen LogP) is 2.25. The molecule has 1 fully saturated rings. The number of aromatic nitrogens is 3. The molecular formula is C18H18N4O2. The number of hydrogen-bond acceptors (Lipinski definition) is 4. The predicted molar refractivity (Wildman–Crippen MR) is 88.8 cm³/mol. The van der Waals surface area contributed by atoms with E-state index in [4.69, 9.17) is 4.74 Å². The smallest absolute Gasteiger partial charge is 0.274 e. The standard InChI is InChI=1S/C18H18N4O2/c1-13-2-3-17-20-15(11-22(17)10-13)18(23)21-8-9-24-16(12-21)14-4-6-19-7-5-14/h2-7,10-11,16H,8-9,12H2,1H3/t16-/m0/s1. The molecule has 4 rings (SSSR count). The summed E-state index contributed by atoms with van der Waals surface area (Å²) in [6.07, 6.45) is 7.12. The van der Waals surface area contributed by atoms with Gasteiger partial charge in [0.25, 0.3) is 5.91 Å². The Bertz CT molecular complexity index is 875. The first kappa shape index (κ1) is 14.8. The first-order valence-electron chi connectivity index (χ1n) is 7.97. The van der Waals surface area contributed by atoms with E-state index in [9.17, 15) is 4.79 Å². The van der Waals surface area contributed by atoms with E-state index >= 15 is 0 Å². The van der Waals surface area contributed by atoms with Crippen LogP contribution >= 0.6 is 0 Å². The number of fused-ring (bicyclic) bond motifs is 1. The van der Waals surface area contributed by atoms with Gasteiger partial charge in [0.2, 0.25) is 0 Å². The second-order valence-electron chi connectivity index (χ2n) is 5.99. The minimum absolute atomic E-state index is 0.0568. The van der Waals surface area contributed by atoms with Crippen LogP contribution in [0.15, 0.2) is 49.1 Å². The summed E-state index contributed by atoms with van der Waals surface area (Å²) in [6.45, 7) is 3.64. The van der Waals surface area contributed by atoms with Gasteiger partial charge in [-0.15, -0.1) is 0 Å². The van der Waals surface area contributed by atoms with Crippen LogP contribution in [0.3, 0.4) is 0 Å². The summed E-state index contributed by atoms with van der Waals surface area (Å²) in [6, 6.07) is 7.76. The van der Waals surface area contributed by atoms with Crippen LogP contribution in [0.4, 0.5) is 0 Å². The fourth-order valence-corrected chi connectivity index (χ4v) is 2.98. The molecule has 1 saturated heterocycles. The summed E-state index contributed by atoms with van der Waals surface area (Å²) in [5.74, 6) is -0.0568. The van der Waals surface area contributed by atoms with Crippen LogP contribution in [-0.2, 0) is 4.74 Å². The van der Waals surface area contributed by atoms with Crippen molar-refractivity contribution in [2.45, 2.75) is 13.0 Å². The van der Waals surface area contributed by atoms with E-state index in [2.05, 4.69) is 9.97 Å². The molecule has 1 aliphatic rings. The van der Waals surface area contributed by atoms with Gasteiger partial charge in [0.15, 0.2) is 0 Å². The molecule has 0 aromatic carbocycles. The van der Waals surface area contributed by atoms with Gasteiger partial charge < -0.3 is 14.0 Å². The van der Waals surface area contributed by atoms with Gasteiger partial charge in [-0.3, -0.25) is 9.78 Å². The topological polar surface area (TPSA) is 59.7 Å². The number of carbonyl (C=O) groups excluding carboxylic acids is 1. The molecule has 0 saturated carbocycles. The molecule has 3 aromatic rings. The molecule has 0 spiro atoms. The van der Waals surface area contributed by atoms with E-state index in [1.165, 1.54) is 0 Å². The SMILES string of the molecule is Cc1ccc2nc(C(=O)N3CCO[C@H](c4ccncc4)C3)cn2c1. The number of imidazole rings is 1. The highest BCUT2D eigenvalue weighted by Crippen LogP contribution is 2.22. The number of ether oxygens (including phenoxy) is 1. The van der Waals surface area contributed by atoms with Gasteiger partial charge in [-0.1, -0.05) is 6.07 Å². The zero-order chi connectivity index (χ0) is 16.5. The van der Waals surface area contributed by atoms with E-state index in [0.29, 0.717) is 25.4 Å². The maximum absolute atomic E-state index is 12.8. The fourth-order valence-electron chi connectivity index (χ4n) is 2.98. The Hall–Kier alpha value is -2.73. The number of carbonyl (C=O) groups is 1. The van der Waals surface area contributed by atoms with Gasteiger partial charge in [0.1, 0.15) is 17.4 Å². The molecule has 3 aromatic heterocycles. The van der Waals surface area contributed by atoms with Gasteiger partial charge in [-0.2, -0.15) is 0 Å². The van der Waals surface area contributed by atoms with Crippen molar-refractivity contribution in [1.29, 1.82) is 0 Å². The van der Waals surface area contributed by atoms with Crippen LogP contribution in [0.1, 0.15) is 27.7 Å². The summed E-state index contributed by atoms with van der Waals surface area (Å²) in [5, 5.41) is 0. The Balaban J connectivity index is 1.56. The van der Waals surface area contributed by atoms with Crippen molar-refractivity contribution in [3.8, 4) is 0 Å². The lowest BCUT2D eigenvalue weighted by molar-refractivity contribution is -0.0230. The Morgan fingerprint density at radius 3 is 2.88 bits per heavy atom. The molecule has 24 heavy (non-hydrogen) atoms. The van der Waals surface area contributed by atoms with Crippen LogP contribution < -0.4 is 0 Å². The summed E-state index contributed by atoms with van der Waals surface area (Å²) in [7, 11) is 0. The third-order valence-electron chi connectivity index (χ3n) is 4.25. The van der Waals surface area contributed by atoms with Crippen molar-refractivity contribution in [3.05, 3.63) is 65.9 Å². The average molecular weight is 322 g/mol. The Morgan fingerprint density at radius 2 is 2.04 bits per heavy atom. The van der Waals surface area contributed by atoms with E-state index in [1.54, 1.807) is 18.6 Å². The summed E-state index contributed by atoms with van der Waals surface area (Å²) in [5.41, 5.74) is 3.41. The van der Waals surface area contributed by atoms with Crippen LogP contribution in [0, 0.1) is 6.92 Å². The second-order valence-corrected chi connectivity index (χ2v) is 5.99. The first-order chi connectivity index (χ1) is 11.7. The maximum Gasteiger partial charge on any atom is 0.274 e. The zero-order valence-electron chi connectivity index (χ0n) is 13.4. The molecule has 6 heteroatoms. The van der Waals surface area contributed by atoms with E-state index in [-0.39, 0.29) is 12.0 Å². The molecule has 0 aliphatic carbocycles. The first-order valence-corrected chi connectivity index (χ1v) is 7.97. The quantitative estimate of drug-likeness (QED) is 0.726. The van der Waals surface area contributed by atoms with Crippen molar-refractivity contribution in [2.24, 2.45) is 0 Å². The Morgan fingerprint density at radius 1 is 1.21 bits per heavy atom. The summed E-state index contributed by atoms with van der Waals surface area (Å²) < 4.78 is 7.70. The average Bonchev–Trinajstić information content (AvgIpc) is 3.05. The number of morpholine rings is 1. The highest BCUT2D eigenvalue weighted by atomic mass is 16.5. The third kappa shape index (κ3) is 2.76. The van der Waals surface area contributed by atoms with Gasteiger partial charge >= 0.3 is 0 Å². The number of hydrogen-bond donors (Lipinski definition) is 0. The highest BCUT2D eigenvalue weighted by Gasteiger charge is 2.27. The van der Waals surface area contributed by atoms with Crippen molar-refractivity contribution >= 4 is 11.6 Å². The molecule has 1 aliphatic heterocycles. The van der Waals surface area contributed by atoms with Crippen LogP contribution in [0.25, 0.3) is 5.65 Å². The fraction of sp³-hybridized carbons (Fsp3) is 0.278. The molecule has 122 valence electrons. The lowest BCUT2D eigenvalue weighted by atomic mass is 10.1. The van der Waals surface area contributed by atoms with E-state index in [1.807, 2.05) is 46.7 Å². The van der Waals surface area contributed by atoms with Crippen molar-refractivity contribution in [3.63, 3.8) is 0 Å². The number of aryl methyl sites for hydroxylation is 1. The largest absolute Gasteiger partial charge is 0.370 e. The van der Waals surface area contributed by atoms with Crippen molar-refractivity contribution in [1.82, 2.24) is 19.3 Å². The lowest BCUT2D eigenvalue weighted by Gasteiger charge is -2.32. The highest BCUT2D eigenvalue weighted by molar-refractivity contribution is 5.93. The van der Waals surface area contributed by atoms with Crippen LogP contribution in [0.2, 0.25) is 0 Å². The lowest BCUT2D eigenvalue weighted by Crippen LogP contribution is -2.42. The number of amides is 1. The molecule has 6 nitrogen and oxygen atoms in total. The Labute approximate surface area is 139 Å². The third-order valence-corrected chi connectivity index (χ3v) is 4.25. The van der Waals surface area contributed by atoms with Crippen LogP contribution in [-0.4, -0.2) is 44.9 Å². The maximum atomic E-state index is 12.8. The number of rotatable bonds is 2. The normalized spacial score (nSPS) is 18.0. The Kier molecular flexibility index (Phi) is 3.74. The van der Waals surface area contributed by atoms with Gasteiger partial charge in [0, 0.05) is 31.3 Å². The van der Waals surface area contributed by atoms with Crippen LogP contribution in [0.5, 0.6) is 0 Å². The minimum Gasteiger partial charge on any atom is -0.370 e. The van der Waals surface area contributed by atoms with E-state index in [0.717, 1.165) is 16.8 Å². The molecule has 0 bridgehead atoms. The summed E-state index contributed by atoms with van der Waals surface area (Å²) in [4.78, 5) is 23.1. The molecule has 0 N–H and O–H groups in total. The van der Waals surface area contributed by atoms with Gasteiger partial charge in [0.05, 0.1) is 13.2 Å². The monoisotopic (exact) mass is 322 g/mol. The molecule has 1 amide bonds. The van der Waals surface area contributed by atoms with Gasteiger partial charge in [-0.05, 0) is 36.2 Å². The van der Waals surface area contributed by atoms with Gasteiger partial charge in [-0.25, -0.2) is 4.98 Å². The van der Waals surface area contributed by atoms with E-state index < -0.39 is 0 Å². The molecule has 0 unspecified atom stereocenters. The molecule has 1 atom stereocenters. The molecule has 0 radical (unpaired) electrons. The minimum atomic E-state index is -0.120. The zero-order valence-corrected chi connectivity index (χ0v) is 13.4. The molecular weight excluding hydrogens is 304 g/mol. The number of pyridine rings is 2. The van der Waals surface area contributed by atoms with Crippen molar-refractivity contribution < 1.29 is 9.53 Å². The second kappa shape index (κ2) is 6.05. The number of nitrogens with zero attached hydrogens (tertiary/aromatic N) is 4. The van der Waals surface area contributed by atoms with Crippen molar-refractivity contribution in [2.75, 3.05) is 19.7 Å². The molecule has 4 heterocycles.